The van der Waals surface area contributed by atoms with E-state index in [1.54, 1.807) is 6.92 Å². The highest BCUT2D eigenvalue weighted by Crippen LogP contribution is 2.26. The molecule has 8 nitrogen and oxygen atoms in total. The van der Waals surface area contributed by atoms with Gasteiger partial charge in [0.05, 0.1) is 11.5 Å². The highest BCUT2D eigenvalue weighted by Gasteiger charge is 2.37. The molecule has 112 valence electrons. The van der Waals surface area contributed by atoms with Crippen molar-refractivity contribution in [1.82, 2.24) is 0 Å². The third kappa shape index (κ3) is 6.32. The maximum Gasteiger partial charge on any atom is 0.306 e. The van der Waals surface area contributed by atoms with Crippen LogP contribution in [0.4, 0.5) is 0 Å². The van der Waals surface area contributed by atoms with Crippen LogP contribution in [-0.4, -0.2) is 51.1 Å². The topological polar surface area (TPSA) is 124 Å². The van der Waals surface area contributed by atoms with E-state index in [1.807, 2.05) is 0 Å². The zero-order valence-corrected chi connectivity index (χ0v) is 12.0. The molecule has 0 spiro atoms. The quantitative estimate of drug-likeness (QED) is 0.386. The zero-order valence-electron chi connectivity index (χ0n) is 10.4. The first-order valence-electron chi connectivity index (χ1n) is 5.55. The van der Waals surface area contributed by atoms with E-state index in [1.165, 1.54) is 0 Å². The van der Waals surface area contributed by atoms with E-state index >= 15 is 0 Å². The lowest BCUT2D eigenvalue weighted by atomic mass is 10.1. The van der Waals surface area contributed by atoms with Crippen LogP contribution in [0.2, 0.25) is 0 Å². The number of ether oxygens (including phenoxy) is 1. The molecule has 1 N–H and O–H groups in total. The van der Waals surface area contributed by atoms with Crippen LogP contribution in [0, 0.1) is 0 Å². The Hall–Kier alpha value is -0.710. The molecule has 1 unspecified atom stereocenters. The molecule has 1 heterocycles. The van der Waals surface area contributed by atoms with Crippen LogP contribution in [0.15, 0.2) is 0 Å². The van der Waals surface area contributed by atoms with E-state index in [0.717, 1.165) is 0 Å². The molecule has 1 atom stereocenters. The molecule has 0 bridgehead atoms. The van der Waals surface area contributed by atoms with Gasteiger partial charge in [-0.25, -0.2) is 0 Å². The fourth-order valence-electron chi connectivity index (χ4n) is 1.54. The largest absolute Gasteiger partial charge is 0.457 e. The van der Waals surface area contributed by atoms with Crippen molar-refractivity contribution in [3.63, 3.8) is 0 Å². The van der Waals surface area contributed by atoms with Gasteiger partial charge in [0.2, 0.25) is 0 Å². The average molecular weight is 316 g/mol. The summed E-state index contributed by atoms with van der Waals surface area (Å²) in [5.41, 5.74) is -0.965. The fourth-order valence-corrected chi connectivity index (χ4v) is 3.27. The second kappa shape index (κ2) is 5.73. The summed E-state index contributed by atoms with van der Waals surface area (Å²) in [5, 5.41) is 0. The summed E-state index contributed by atoms with van der Waals surface area (Å²) in [6, 6.07) is 0. The van der Waals surface area contributed by atoms with Gasteiger partial charge in [-0.15, -0.1) is 0 Å². The number of cyclic esters (lactones) is 1. The Labute approximate surface area is 112 Å². The van der Waals surface area contributed by atoms with E-state index in [9.17, 15) is 21.6 Å². The van der Waals surface area contributed by atoms with Crippen molar-refractivity contribution in [3.8, 4) is 0 Å². The lowest BCUT2D eigenvalue weighted by Gasteiger charge is -2.21. The molecule has 1 saturated heterocycles. The summed E-state index contributed by atoms with van der Waals surface area (Å²) in [7, 11) is -8.10. The standard InChI is InChI=1S/C9H16O8S2/c1-9(4-3-8(10)17-9)7-16-19(14,15)6-2-5-18(11,12)13/h2-7H2,1H3,(H,11,12,13). The van der Waals surface area contributed by atoms with Crippen molar-refractivity contribution < 1.29 is 35.1 Å². The van der Waals surface area contributed by atoms with Gasteiger partial charge in [0, 0.05) is 6.42 Å². The van der Waals surface area contributed by atoms with Gasteiger partial charge in [-0.2, -0.15) is 16.8 Å². The Bertz CT molecular complexity index is 535. The molecule has 1 fully saturated rings. The number of hydrogen-bond acceptors (Lipinski definition) is 7. The van der Waals surface area contributed by atoms with Crippen LogP contribution in [0.5, 0.6) is 0 Å². The Balaban J connectivity index is 2.41. The molecule has 0 amide bonds. The Morgan fingerprint density at radius 3 is 2.42 bits per heavy atom. The van der Waals surface area contributed by atoms with E-state index in [4.69, 9.17) is 13.5 Å². The van der Waals surface area contributed by atoms with Gasteiger partial charge >= 0.3 is 5.97 Å². The van der Waals surface area contributed by atoms with Crippen molar-refractivity contribution >= 4 is 26.2 Å². The minimum Gasteiger partial charge on any atom is -0.457 e. The first kappa shape index (κ1) is 16.3. The van der Waals surface area contributed by atoms with Gasteiger partial charge in [-0.3, -0.25) is 13.5 Å². The van der Waals surface area contributed by atoms with E-state index in [0.29, 0.717) is 6.42 Å². The Morgan fingerprint density at radius 1 is 1.32 bits per heavy atom. The predicted octanol–water partition coefficient (Wildman–Crippen LogP) is -0.294. The minimum atomic E-state index is -4.19. The van der Waals surface area contributed by atoms with Crippen LogP contribution >= 0.6 is 0 Å². The highest BCUT2D eigenvalue weighted by molar-refractivity contribution is 7.87. The summed E-state index contributed by atoms with van der Waals surface area (Å²) in [5.74, 6) is -1.59. The minimum absolute atomic E-state index is 0.211. The molecule has 10 heteroatoms. The summed E-state index contributed by atoms with van der Waals surface area (Å²) >= 11 is 0. The van der Waals surface area contributed by atoms with Crippen molar-refractivity contribution in [1.29, 1.82) is 0 Å². The molecule has 0 aromatic rings. The average Bonchev–Trinajstić information content (AvgIpc) is 2.55. The normalized spacial score (nSPS) is 24.4. The second-order valence-electron chi connectivity index (χ2n) is 4.59. The lowest BCUT2D eigenvalue weighted by Crippen LogP contribution is -2.32. The third-order valence-electron chi connectivity index (χ3n) is 2.56. The lowest BCUT2D eigenvalue weighted by molar-refractivity contribution is -0.149. The smallest absolute Gasteiger partial charge is 0.306 e. The van der Waals surface area contributed by atoms with Crippen molar-refractivity contribution in [2.45, 2.75) is 31.8 Å². The summed E-state index contributed by atoms with van der Waals surface area (Å²) in [4.78, 5) is 10.9. The van der Waals surface area contributed by atoms with Gasteiger partial charge in [-0.1, -0.05) is 0 Å². The van der Waals surface area contributed by atoms with Gasteiger partial charge < -0.3 is 4.74 Å². The molecule has 0 aromatic heterocycles. The molecule has 1 rings (SSSR count). The maximum absolute atomic E-state index is 11.5. The van der Waals surface area contributed by atoms with Crippen molar-refractivity contribution in [2.24, 2.45) is 0 Å². The molecule has 1 aliphatic rings. The Morgan fingerprint density at radius 2 is 1.95 bits per heavy atom. The maximum atomic E-state index is 11.5. The van der Waals surface area contributed by atoms with Crippen LogP contribution in [0.3, 0.4) is 0 Å². The van der Waals surface area contributed by atoms with Gasteiger partial charge in [0.15, 0.2) is 0 Å². The van der Waals surface area contributed by atoms with Crippen LogP contribution in [-0.2, 0) is 34.0 Å². The number of rotatable bonds is 7. The van der Waals surface area contributed by atoms with Gasteiger partial charge in [-0.05, 0) is 19.8 Å². The number of esters is 1. The van der Waals surface area contributed by atoms with Gasteiger partial charge in [0.1, 0.15) is 12.2 Å². The van der Waals surface area contributed by atoms with Crippen LogP contribution in [0.25, 0.3) is 0 Å². The first-order chi connectivity index (χ1) is 8.52. The summed E-state index contributed by atoms with van der Waals surface area (Å²) < 4.78 is 61.9. The third-order valence-corrected chi connectivity index (χ3v) is 4.63. The summed E-state index contributed by atoms with van der Waals surface area (Å²) in [6.07, 6.45) is 0.312. The number of carbonyl (C=O) groups is 1. The van der Waals surface area contributed by atoms with Crippen molar-refractivity contribution in [3.05, 3.63) is 0 Å². The molecule has 1 aliphatic heterocycles. The molecular weight excluding hydrogens is 300 g/mol. The molecule has 0 aromatic carbocycles. The number of hydrogen-bond donors (Lipinski definition) is 1. The molecule has 19 heavy (non-hydrogen) atoms. The van der Waals surface area contributed by atoms with Crippen LogP contribution in [0.1, 0.15) is 26.2 Å². The fraction of sp³-hybridized carbons (Fsp3) is 0.889. The molecule has 0 aliphatic carbocycles. The predicted molar refractivity (Wildman–Crippen MR) is 64.5 cm³/mol. The molecule has 0 saturated carbocycles. The Kier molecular flexibility index (Phi) is 4.93. The monoisotopic (exact) mass is 316 g/mol. The molecule has 0 radical (unpaired) electrons. The SMILES string of the molecule is CC1(COS(=O)(=O)CCCS(=O)(=O)O)CCC(=O)O1. The van der Waals surface area contributed by atoms with E-state index < -0.39 is 43.3 Å². The number of carbonyl (C=O) groups excluding carboxylic acids is 1. The molecular formula is C9H16O8S2. The van der Waals surface area contributed by atoms with Crippen LogP contribution < -0.4 is 0 Å². The zero-order chi connectivity index (χ0) is 14.7. The second-order valence-corrected chi connectivity index (χ2v) is 7.92. The van der Waals surface area contributed by atoms with Gasteiger partial charge in [0.25, 0.3) is 20.2 Å². The summed E-state index contributed by atoms with van der Waals surface area (Å²) in [6.45, 7) is 1.26. The first-order valence-corrected chi connectivity index (χ1v) is 8.74. The highest BCUT2D eigenvalue weighted by atomic mass is 32.2. The van der Waals surface area contributed by atoms with E-state index in [2.05, 4.69) is 0 Å². The van der Waals surface area contributed by atoms with Crippen molar-refractivity contribution in [2.75, 3.05) is 18.1 Å². The van der Waals surface area contributed by atoms with E-state index in [-0.39, 0.29) is 19.4 Å².